The van der Waals surface area contributed by atoms with Crippen LogP contribution in [0.15, 0.2) is 36.4 Å². The molecule has 2 aromatic rings. The lowest BCUT2D eigenvalue weighted by atomic mass is 10.2. The second-order valence-electron chi connectivity index (χ2n) is 6.27. The predicted molar refractivity (Wildman–Crippen MR) is 107 cm³/mol. The van der Waals surface area contributed by atoms with Gasteiger partial charge >= 0.3 is 11.7 Å². The fourth-order valence-electron chi connectivity index (χ4n) is 2.77. The molecule has 9 heteroatoms. The van der Waals surface area contributed by atoms with Crippen molar-refractivity contribution in [1.29, 1.82) is 0 Å². The average molecular weight is 404 g/mol. The first-order valence-electron chi connectivity index (χ1n) is 8.97. The van der Waals surface area contributed by atoms with E-state index in [4.69, 9.17) is 14.2 Å². The van der Waals surface area contributed by atoms with Crippen molar-refractivity contribution >= 4 is 17.3 Å². The van der Waals surface area contributed by atoms with E-state index < -0.39 is 28.1 Å². The van der Waals surface area contributed by atoms with Crippen molar-refractivity contribution < 1.29 is 29.0 Å². The molecule has 0 amide bonds. The van der Waals surface area contributed by atoms with Gasteiger partial charge in [-0.05, 0) is 31.0 Å². The zero-order valence-corrected chi connectivity index (χ0v) is 16.6. The summed E-state index contributed by atoms with van der Waals surface area (Å²) in [6.07, 6.45) is 1.27. The summed E-state index contributed by atoms with van der Waals surface area (Å²) in [5.41, 5.74) is 0.436. The van der Waals surface area contributed by atoms with Crippen LogP contribution < -0.4 is 19.1 Å². The van der Waals surface area contributed by atoms with Crippen LogP contribution in [0.5, 0.6) is 23.0 Å². The summed E-state index contributed by atoms with van der Waals surface area (Å²) in [5.74, 6) is -0.140. The van der Waals surface area contributed by atoms with Crippen LogP contribution >= 0.6 is 0 Å². The molecule has 0 heterocycles. The van der Waals surface area contributed by atoms with Crippen molar-refractivity contribution in [2.75, 3.05) is 32.7 Å². The molecule has 0 spiro atoms. The Hall–Kier alpha value is -3.49. The number of aromatic hydroxyl groups is 1. The fourth-order valence-corrected chi connectivity index (χ4v) is 2.77. The Balaban J connectivity index is 1.87. The molecule has 0 aliphatic rings. The normalized spacial score (nSPS) is 10.3. The Morgan fingerprint density at radius 2 is 1.93 bits per heavy atom. The lowest BCUT2D eigenvalue weighted by molar-refractivity contribution is -0.385. The molecule has 0 saturated heterocycles. The number of esters is 1. The Morgan fingerprint density at radius 1 is 1.17 bits per heavy atom. The van der Waals surface area contributed by atoms with Gasteiger partial charge in [0.1, 0.15) is 11.5 Å². The summed E-state index contributed by atoms with van der Waals surface area (Å²) in [7, 11) is 5.08. The van der Waals surface area contributed by atoms with Crippen molar-refractivity contribution in [3.8, 4) is 23.0 Å². The van der Waals surface area contributed by atoms with Gasteiger partial charge in [0.25, 0.3) is 0 Å². The van der Waals surface area contributed by atoms with Crippen LogP contribution in [0.25, 0.3) is 0 Å². The minimum atomic E-state index is -0.709. The molecule has 0 aliphatic heterocycles. The Bertz CT molecular complexity index is 870. The first-order valence-corrected chi connectivity index (χ1v) is 8.97. The van der Waals surface area contributed by atoms with Gasteiger partial charge in [-0.2, -0.15) is 0 Å². The first-order chi connectivity index (χ1) is 13.9. The number of benzene rings is 2. The van der Waals surface area contributed by atoms with Crippen LogP contribution in [0.2, 0.25) is 0 Å². The maximum absolute atomic E-state index is 12.0. The number of methoxy groups -OCH3 is 2. The molecule has 0 bridgehead atoms. The summed E-state index contributed by atoms with van der Waals surface area (Å²) in [4.78, 5) is 24.3. The molecule has 29 heavy (non-hydrogen) atoms. The number of carbonyl (C=O) groups is 1. The largest absolute Gasteiger partial charge is 0.504 e. The lowest BCUT2D eigenvalue weighted by Crippen LogP contribution is -2.19. The summed E-state index contributed by atoms with van der Waals surface area (Å²) in [6.45, 7) is 0.659. The van der Waals surface area contributed by atoms with E-state index in [0.29, 0.717) is 30.9 Å². The number of nitro benzene ring substituents is 1. The summed E-state index contributed by atoms with van der Waals surface area (Å²) in [5, 5.41) is 20.7. The second-order valence-corrected chi connectivity index (χ2v) is 6.27. The molecule has 0 saturated carbocycles. The molecule has 0 atom stereocenters. The van der Waals surface area contributed by atoms with E-state index in [2.05, 4.69) is 0 Å². The van der Waals surface area contributed by atoms with E-state index in [9.17, 15) is 20.0 Å². The van der Waals surface area contributed by atoms with Gasteiger partial charge in [0.05, 0.1) is 24.8 Å². The molecule has 9 nitrogen and oxygen atoms in total. The third-order valence-electron chi connectivity index (χ3n) is 4.31. The van der Waals surface area contributed by atoms with Crippen molar-refractivity contribution in [3.05, 3.63) is 46.5 Å². The number of hydrogen-bond acceptors (Lipinski definition) is 8. The molecule has 0 aromatic heterocycles. The maximum atomic E-state index is 12.0. The zero-order valence-electron chi connectivity index (χ0n) is 16.6. The number of rotatable bonds is 10. The van der Waals surface area contributed by atoms with E-state index in [1.165, 1.54) is 18.2 Å². The minimum absolute atomic E-state index is 0.0685. The van der Waals surface area contributed by atoms with Gasteiger partial charge in [0.15, 0.2) is 5.75 Å². The number of nitro groups is 1. The number of phenols is 1. The highest BCUT2D eigenvalue weighted by Crippen LogP contribution is 2.36. The van der Waals surface area contributed by atoms with Crippen molar-refractivity contribution in [2.45, 2.75) is 19.3 Å². The molecule has 0 radical (unpaired) electrons. The second kappa shape index (κ2) is 10.2. The van der Waals surface area contributed by atoms with Gasteiger partial charge in [-0.15, -0.1) is 0 Å². The summed E-state index contributed by atoms with van der Waals surface area (Å²) >= 11 is 0. The number of phenolic OH excluding ortho intramolecular Hbond substituents is 1. The minimum Gasteiger partial charge on any atom is -0.504 e. The van der Waals surface area contributed by atoms with E-state index in [-0.39, 0.29) is 6.42 Å². The average Bonchev–Trinajstić information content (AvgIpc) is 2.71. The molecule has 0 fully saturated rings. The standard InChI is InChI=1S/C20H24N2O7/c1-21(15-11-10-14(27-2)13-18(15)28-3)12-5-4-9-19(24)29-20-16(22(25)26)7-6-8-17(20)23/h6-8,10-11,13,23H,4-5,9,12H2,1-3H3. The summed E-state index contributed by atoms with van der Waals surface area (Å²) < 4.78 is 15.6. The first kappa shape index (κ1) is 21.8. The SMILES string of the molecule is COc1ccc(N(C)CCCCC(=O)Oc2c(O)cccc2[N+](=O)[O-])c(OC)c1. The third kappa shape index (κ3) is 5.74. The van der Waals surface area contributed by atoms with Gasteiger partial charge in [-0.3, -0.25) is 14.9 Å². The molecule has 2 rings (SSSR count). The van der Waals surface area contributed by atoms with Crippen LogP contribution in [0.4, 0.5) is 11.4 Å². The molecule has 156 valence electrons. The highest BCUT2D eigenvalue weighted by molar-refractivity contribution is 5.75. The van der Waals surface area contributed by atoms with Gasteiger partial charge in [-0.25, -0.2) is 0 Å². The van der Waals surface area contributed by atoms with E-state index in [0.717, 1.165) is 5.69 Å². The quantitative estimate of drug-likeness (QED) is 0.210. The monoisotopic (exact) mass is 404 g/mol. The Kier molecular flexibility index (Phi) is 7.64. The predicted octanol–water partition coefficient (Wildman–Crippen LogP) is 3.53. The fraction of sp³-hybridized carbons (Fsp3) is 0.350. The van der Waals surface area contributed by atoms with Gasteiger partial charge < -0.3 is 24.2 Å². The van der Waals surface area contributed by atoms with Gasteiger partial charge in [0, 0.05) is 32.1 Å². The van der Waals surface area contributed by atoms with Crippen LogP contribution in [0.3, 0.4) is 0 Å². The number of anilines is 1. The maximum Gasteiger partial charge on any atom is 0.315 e. The molecule has 0 aliphatic carbocycles. The van der Waals surface area contributed by atoms with Gasteiger partial charge in [-0.1, -0.05) is 6.07 Å². The van der Waals surface area contributed by atoms with E-state index >= 15 is 0 Å². The lowest BCUT2D eigenvalue weighted by Gasteiger charge is -2.22. The van der Waals surface area contributed by atoms with Crippen molar-refractivity contribution in [3.63, 3.8) is 0 Å². The Labute approximate surface area is 168 Å². The van der Waals surface area contributed by atoms with Crippen LogP contribution in [-0.4, -0.2) is 43.8 Å². The number of unbranched alkanes of at least 4 members (excludes halogenated alkanes) is 1. The van der Waals surface area contributed by atoms with E-state index in [1.807, 2.05) is 24.1 Å². The topological polar surface area (TPSA) is 111 Å². The zero-order chi connectivity index (χ0) is 21.4. The van der Waals surface area contributed by atoms with Crippen LogP contribution in [0, 0.1) is 10.1 Å². The van der Waals surface area contributed by atoms with E-state index in [1.54, 1.807) is 20.3 Å². The molecule has 0 unspecified atom stereocenters. The molecular formula is C20H24N2O7. The highest BCUT2D eigenvalue weighted by atomic mass is 16.6. The van der Waals surface area contributed by atoms with Crippen LogP contribution in [-0.2, 0) is 4.79 Å². The number of para-hydroxylation sites is 1. The molecule has 1 N–H and O–H groups in total. The van der Waals surface area contributed by atoms with Crippen molar-refractivity contribution in [1.82, 2.24) is 0 Å². The smallest absolute Gasteiger partial charge is 0.315 e. The van der Waals surface area contributed by atoms with Crippen molar-refractivity contribution in [2.24, 2.45) is 0 Å². The van der Waals surface area contributed by atoms with Gasteiger partial charge in [0.2, 0.25) is 5.75 Å². The number of ether oxygens (including phenoxy) is 3. The molecule has 2 aromatic carbocycles. The number of nitrogens with zero attached hydrogens (tertiary/aromatic N) is 2. The molecular weight excluding hydrogens is 380 g/mol. The number of carbonyl (C=O) groups excluding carboxylic acids is 1. The number of hydrogen-bond donors (Lipinski definition) is 1. The summed E-state index contributed by atoms with van der Waals surface area (Å²) in [6, 6.07) is 9.23. The third-order valence-corrected chi connectivity index (χ3v) is 4.31. The van der Waals surface area contributed by atoms with Crippen LogP contribution in [0.1, 0.15) is 19.3 Å². The highest BCUT2D eigenvalue weighted by Gasteiger charge is 2.21. The Morgan fingerprint density at radius 3 is 2.59 bits per heavy atom.